The molecule has 462 valence electrons. The molecule has 9 N–H and O–H groups in total. The molecule has 14 nitrogen and oxygen atoms in total. The van der Waals surface area contributed by atoms with Crippen LogP contribution < -0.4 is 5.32 Å². The van der Waals surface area contributed by atoms with E-state index in [1.54, 1.807) is 6.08 Å². The molecule has 0 saturated carbocycles. The lowest BCUT2D eigenvalue weighted by molar-refractivity contribution is -0.359. The Morgan fingerprint density at radius 1 is 0.456 bits per heavy atom. The second-order valence-electron chi connectivity index (χ2n) is 22.9. The van der Waals surface area contributed by atoms with Gasteiger partial charge >= 0.3 is 0 Å². The zero-order chi connectivity index (χ0) is 57.4. The molecule has 12 unspecified atom stereocenters. The minimum Gasteiger partial charge on any atom is -0.394 e. The first-order chi connectivity index (χ1) is 38.6. The fraction of sp³-hybridized carbons (Fsp3) is 0.862. The fourth-order valence-corrected chi connectivity index (χ4v) is 10.5. The third-order valence-corrected chi connectivity index (χ3v) is 15.8. The van der Waals surface area contributed by atoms with Crippen LogP contribution in [0.4, 0.5) is 0 Å². The minimum absolute atomic E-state index is 0.246. The third kappa shape index (κ3) is 35.6. The Balaban J connectivity index is 1.43. The molecular formula is C65H119NO13. The number of aliphatic hydroxyl groups is 8. The quantitative estimate of drug-likeness (QED) is 0.0204. The Morgan fingerprint density at radius 3 is 1.30 bits per heavy atom. The Morgan fingerprint density at radius 2 is 0.848 bits per heavy atom. The number of aliphatic hydroxyl groups excluding tert-OH is 8. The summed E-state index contributed by atoms with van der Waals surface area (Å²) in [6.45, 7) is 2.62. The smallest absolute Gasteiger partial charge is 0.220 e. The van der Waals surface area contributed by atoms with Gasteiger partial charge in [-0.05, 0) is 51.4 Å². The highest BCUT2D eigenvalue weighted by atomic mass is 16.7. The first kappa shape index (κ1) is 73.1. The highest BCUT2D eigenvalue weighted by Gasteiger charge is 2.51. The standard InChI is InChI=1S/C65H119NO13/c1-3-5-7-9-10-11-12-13-14-15-16-17-18-19-20-21-22-23-24-25-26-27-28-29-30-31-32-33-34-35-36-37-38-39-40-41-42-43-44-45-47-49-57(70)66-53(54(69)48-46-8-6-4-2)52-76-64-62(75)60(73)63(56(51-68)78-64)79-65-61(74)59(72)58(71)55(50-67)77-65/h12-13,15-16,18-19,46,48,53-56,58-65,67-69,71-75H,3-11,14,17,20-45,47,49-52H2,1-2H3,(H,66,70)/b13-12-,16-15-,19-18-,48-46+. The van der Waals surface area contributed by atoms with Gasteiger partial charge in [-0.25, -0.2) is 0 Å². The maximum absolute atomic E-state index is 13.1. The van der Waals surface area contributed by atoms with E-state index in [4.69, 9.17) is 18.9 Å². The molecule has 0 radical (unpaired) electrons. The highest BCUT2D eigenvalue weighted by Crippen LogP contribution is 2.30. The van der Waals surface area contributed by atoms with Gasteiger partial charge in [0.25, 0.3) is 0 Å². The van der Waals surface area contributed by atoms with Gasteiger partial charge in [0.15, 0.2) is 12.6 Å². The van der Waals surface area contributed by atoms with Crippen LogP contribution in [0.5, 0.6) is 0 Å². The van der Waals surface area contributed by atoms with Crippen LogP contribution >= 0.6 is 0 Å². The number of ether oxygens (including phenoxy) is 4. The van der Waals surface area contributed by atoms with Crippen molar-refractivity contribution in [3.05, 3.63) is 48.6 Å². The molecule has 2 saturated heterocycles. The number of amides is 1. The van der Waals surface area contributed by atoms with Crippen molar-refractivity contribution in [3.8, 4) is 0 Å². The number of hydrogen-bond donors (Lipinski definition) is 9. The van der Waals surface area contributed by atoms with Gasteiger partial charge in [0.05, 0.1) is 32.0 Å². The average Bonchev–Trinajstić information content (AvgIpc) is 3.48. The van der Waals surface area contributed by atoms with Gasteiger partial charge in [0, 0.05) is 6.42 Å². The second-order valence-corrected chi connectivity index (χ2v) is 22.9. The van der Waals surface area contributed by atoms with Crippen molar-refractivity contribution in [2.45, 2.75) is 338 Å². The monoisotopic (exact) mass is 1120 g/mol. The van der Waals surface area contributed by atoms with E-state index in [0.29, 0.717) is 6.42 Å². The molecule has 2 heterocycles. The Hall–Kier alpha value is -2.05. The molecule has 12 atom stereocenters. The molecule has 2 aliphatic rings. The van der Waals surface area contributed by atoms with Crippen LogP contribution in [0.15, 0.2) is 48.6 Å². The number of nitrogens with one attached hydrogen (secondary N) is 1. The molecular weight excluding hydrogens is 1000 g/mol. The summed E-state index contributed by atoms with van der Waals surface area (Å²) >= 11 is 0. The third-order valence-electron chi connectivity index (χ3n) is 15.8. The van der Waals surface area contributed by atoms with Crippen molar-refractivity contribution in [1.82, 2.24) is 5.32 Å². The summed E-state index contributed by atoms with van der Waals surface area (Å²) in [6.07, 6.45) is 48.8. The molecule has 2 aliphatic heterocycles. The summed E-state index contributed by atoms with van der Waals surface area (Å²) in [5.41, 5.74) is 0. The van der Waals surface area contributed by atoms with Crippen LogP contribution in [-0.2, 0) is 23.7 Å². The van der Waals surface area contributed by atoms with Crippen LogP contribution in [0.2, 0.25) is 0 Å². The Kier molecular flexibility index (Phi) is 46.7. The number of rotatable bonds is 52. The van der Waals surface area contributed by atoms with Gasteiger partial charge in [-0.1, -0.05) is 255 Å². The van der Waals surface area contributed by atoms with Crippen molar-refractivity contribution in [2.75, 3.05) is 19.8 Å². The number of allylic oxidation sites excluding steroid dienone is 7. The molecule has 0 aromatic carbocycles. The van der Waals surface area contributed by atoms with Crippen LogP contribution in [0.25, 0.3) is 0 Å². The van der Waals surface area contributed by atoms with E-state index < -0.39 is 86.8 Å². The van der Waals surface area contributed by atoms with Gasteiger partial charge in [-0.2, -0.15) is 0 Å². The largest absolute Gasteiger partial charge is 0.394 e. The lowest BCUT2D eigenvalue weighted by Crippen LogP contribution is -2.65. The second kappa shape index (κ2) is 50.5. The van der Waals surface area contributed by atoms with Crippen molar-refractivity contribution >= 4 is 5.91 Å². The van der Waals surface area contributed by atoms with Gasteiger partial charge in [0.2, 0.25) is 5.91 Å². The molecule has 0 aromatic heterocycles. The Labute approximate surface area is 480 Å². The predicted octanol–water partition coefficient (Wildman–Crippen LogP) is 12.0. The minimum atomic E-state index is -1.79. The number of unbranched alkanes of at least 4 members (excludes halogenated alkanes) is 33. The van der Waals surface area contributed by atoms with Crippen LogP contribution in [0.1, 0.15) is 264 Å². The maximum Gasteiger partial charge on any atom is 0.220 e. The van der Waals surface area contributed by atoms with Crippen LogP contribution in [0, 0.1) is 0 Å². The SMILES string of the molecule is CCCC/C=C/C(O)C(COC1OC(CO)C(OC2OC(CO)C(O)C(O)C2O)C(O)C1O)NC(=O)CCCCCCCCCCCCCCCCCCCCCCCCCCCC/C=C\C/C=C\C/C=C\CCCCCCC. The summed E-state index contributed by atoms with van der Waals surface area (Å²) in [6, 6.07) is -0.908. The fourth-order valence-electron chi connectivity index (χ4n) is 10.5. The van der Waals surface area contributed by atoms with Crippen molar-refractivity contribution in [3.63, 3.8) is 0 Å². The molecule has 0 aliphatic carbocycles. The molecule has 0 aromatic rings. The van der Waals surface area contributed by atoms with E-state index in [-0.39, 0.29) is 18.9 Å². The zero-order valence-corrected chi connectivity index (χ0v) is 49.9. The van der Waals surface area contributed by atoms with E-state index in [9.17, 15) is 45.6 Å². The maximum atomic E-state index is 13.1. The van der Waals surface area contributed by atoms with E-state index in [2.05, 4.69) is 55.6 Å². The van der Waals surface area contributed by atoms with Gasteiger partial charge in [-0.3, -0.25) is 4.79 Å². The number of carbonyl (C=O) groups excluding carboxylic acids is 1. The van der Waals surface area contributed by atoms with Crippen molar-refractivity contribution in [2.24, 2.45) is 0 Å². The first-order valence-corrected chi connectivity index (χ1v) is 32.4. The normalized spacial score (nSPS) is 24.7. The number of hydrogen-bond acceptors (Lipinski definition) is 13. The summed E-state index contributed by atoms with van der Waals surface area (Å²) < 4.78 is 22.6. The molecule has 2 rings (SSSR count). The molecule has 1 amide bonds. The van der Waals surface area contributed by atoms with Crippen molar-refractivity contribution < 1.29 is 64.6 Å². The topological polar surface area (TPSA) is 228 Å². The average molecular weight is 1120 g/mol. The number of carbonyl (C=O) groups is 1. The lowest BCUT2D eigenvalue weighted by Gasteiger charge is -2.46. The van der Waals surface area contributed by atoms with Crippen LogP contribution in [0.3, 0.4) is 0 Å². The summed E-state index contributed by atoms with van der Waals surface area (Å²) in [5, 5.41) is 86.3. The van der Waals surface area contributed by atoms with Crippen molar-refractivity contribution in [1.29, 1.82) is 0 Å². The van der Waals surface area contributed by atoms with E-state index in [1.807, 2.05) is 6.08 Å². The Bertz CT molecular complexity index is 1510. The zero-order valence-electron chi connectivity index (χ0n) is 49.9. The molecule has 0 bridgehead atoms. The molecule has 0 spiro atoms. The predicted molar refractivity (Wildman–Crippen MR) is 318 cm³/mol. The first-order valence-electron chi connectivity index (χ1n) is 32.4. The van der Waals surface area contributed by atoms with Gasteiger partial charge < -0.3 is 65.1 Å². The highest BCUT2D eigenvalue weighted by molar-refractivity contribution is 5.76. The summed E-state index contributed by atoms with van der Waals surface area (Å²) in [7, 11) is 0. The van der Waals surface area contributed by atoms with E-state index in [0.717, 1.165) is 51.4 Å². The summed E-state index contributed by atoms with van der Waals surface area (Å²) in [5.74, 6) is -0.246. The van der Waals surface area contributed by atoms with Crippen LogP contribution in [-0.4, -0.2) is 140 Å². The molecule has 2 fully saturated rings. The summed E-state index contributed by atoms with van der Waals surface area (Å²) in [4.78, 5) is 13.1. The molecule has 79 heavy (non-hydrogen) atoms. The van der Waals surface area contributed by atoms with Gasteiger partial charge in [0.1, 0.15) is 48.8 Å². The van der Waals surface area contributed by atoms with E-state index in [1.165, 1.54) is 186 Å². The molecule has 14 heteroatoms. The van der Waals surface area contributed by atoms with Gasteiger partial charge in [-0.15, -0.1) is 0 Å². The lowest BCUT2D eigenvalue weighted by atomic mass is 9.97. The van der Waals surface area contributed by atoms with E-state index >= 15 is 0 Å².